The molecule has 0 unspecified atom stereocenters. The second kappa shape index (κ2) is 16.3. The van der Waals surface area contributed by atoms with Gasteiger partial charge in [0.25, 0.3) is 11.9 Å². The normalized spacial score (nSPS) is 14.0. The predicted octanol–water partition coefficient (Wildman–Crippen LogP) is 6.71. The summed E-state index contributed by atoms with van der Waals surface area (Å²) in [4.78, 5) is 29.8. The molecule has 0 spiro atoms. The van der Waals surface area contributed by atoms with Crippen molar-refractivity contribution < 1.29 is 0 Å². The lowest BCUT2D eigenvalue weighted by Gasteiger charge is -2.33. The average Bonchev–Trinajstić information content (AvgIpc) is 2.97. The minimum Gasteiger partial charge on any atom is -0.369 e. The first kappa shape index (κ1) is 35.2. The lowest BCUT2D eigenvalue weighted by atomic mass is 10.3. The van der Waals surface area contributed by atoms with Crippen LogP contribution in [0.3, 0.4) is 0 Å². The van der Waals surface area contributed by atoms with Crippen molar-refractivity contribution in [2.45, 2.75) is 13.8 Å². The smallest absolute Gasteiger partial charge is 0.254 e. The third-order valence-electron chi connectivity index (χ3n) is 6.29. The molecule has 1 fully saturated rings. The van der Waals surface area contributed by atoms with E-state index in [0.29, 0.717) is 48.3 Å². The van der Waals surface area contributed by atoms with Crippen molar-refractivity contribution in [3.8, 4) is 0 Å². The van der Waals surface area contributed by atoms with Gasteiger partial charge >= 0.3 is 0 Å². The van der Waals surface area contributed by atoms with Gasteiger partial charge in [0.15, 0.2) is 0 Å². The molecule has 0 atom stereocenters. The number of nitrogens with one attached hydrogen (secondary N) is 2. The van der Waals surface area contributed by atoms with Crippen LogP contribution in [-0.2, 0) is 0 Å². The van der Waals surface area contributed by atoms with E-state index in [0.717, 1.165) is 37.7 Å². The van der Waals surface area contributed by atoms with Crippen LogP contribution in [0.25, 0.3) is 0 Å². The molecule has 4 aromatic rings. The van der Waals surface area contributed by atoms with Crippen LogP contribution in [0.4, 0.5) is 29.1 Å². The molecule has 1 saturated heterocycles. The first-order chi connectivity index (χ1) is 21.8. The van der Waals surface area contributed by atoms with Crippen molar-refractivity contribution in [3.05, 3.63) is 85.2 Å². The van der Waals surface area contributed by atoms with E-state index in [4.69, 9.17) is 69.5 Å². The number of hydrogen-bond donors (Lipinski definition) is 4. The summed E-state index contributed by atoms with van der Waals surface area (Å²) < 4.78 is 0. The van der Waals surface area contributed by atoms with E-state index >= 15 is 0 Å². The first-order valence-electron chi connectivity index (χ1n) is 13.8. The highest BCUT2D eigenvalue weighted by molar-refractivity contribution is 6.42. The lowest BCUT2D eigenvalue weighted by Crippen LogP contribution is -2.44. The molecule has 0 saturated carbocycles. The number of halogens is 5. The summed E-state index contributed by atoms with van der Waals surface area (Å²) in [7, 11) is 2.12. The second-order valence-electron chi connectivity index (χ2n) is 10.1. The summed E-state index contributed by atoms with van der Waals surface area (Å²) in [6.07, 6.45) is 0. The third-order valence-corrected chi connectivity index (χ3v) is 7.96. The quantitative estimate of drug-likeness (QED) is 0.0991. The van der Waals surface area contributed by atoms with Gasteiger partial charge in [-0.05, 0) is 63.4 Å². The number of hydrogen-bond acceptors (Lipinski definition) is 8. The van der Waals surface area contributed by atoms with Gasteiger partial charge in [-0.2, -0.15) is 20.0 Å². The van der Waals surface area contributed by atoms with Crippen molar-refractivity contribution in [2.75, 3.05) is 48.8 Å². The third kappa shape index (κ3) is 10.7. The van der Waals surface area contributed by atoms with Gasteiger partial charge in [0, 0.05) is 55.0 Å². The zero-order valence-corrected chi connectivity index (χ0v) is 28.8. The predicted molar refractivity (Wildman–Crippen MR) is 191 cm³/mol. The number of rotatable bonds is 5. The summed E-state index contributed by atoms with van der Waals surface area (Å²) in [5, 5.41) is 7.92. The number of likely N-dealkylation sites (N-methyl/N-ethyl adjacent to an activating group) is 1. The van der Waals surface area contributed by atoms with Gasteiger partial charge in [-0.3, -0.25) is 0 Å². The number of aromatic nitrogens is 4. The maximum atomic E-state index is 6.01. The van der Waals surface area contributed by atoms with Gasteiger partial charge in [0.05, 0.1) is 20.1 Å². The van der Waals surface area contributed by atoms with Crippen molar-refractivity contribution >= 4 is 99.0 Å². The van der Waals surface area contributed by atoms with Crippen LogP contribution in [0.5, 0.6) is 0 Å². The Labute approximate surface area is 291 Å². The summed E-state index contributed by atoms with van der Waals surface area (Å²) in [5.41, 5.74) is 14.6. The van der Waals surface area contributed by atoms with Crippen LogP contribution in [0.1, 0.15) is 11.4 Å². The van der Waals surface area contributed by atoms with Crippen LogP contribution in [0.15, 0.2) is 58.5 Å². The topological polar surface area (TPSA) is 159 Å². The Morgan fingerprint density at radius 3 is 1.61 bits per heavy atom. The molecule has 12 nitrogen and oxygen atoms in total. The van der Waals surface area contributed by atoms with E-state index in [1.807, 2.05) is 13.0 Å². The molecule has 0 radical (unpaired) electrons. The zero-order valence-electron chi connectivity index (χ0n) is 25.1. The lowest BCUT2D eigenvalue weighted by molar-refractivity contribution is 0.312. The summed E-state index contributed by atoms with van der Waals surface area (Å²) in [5.74, 6) is 1.67. The number of anilines is 3. The molecule has 1 aliphatic rings. The van der Waals surface area contributed by atoms with Crippen molar-refractivity contribution in [3.63, 3.8) is 0 Å². The standard InChI is InChI=1S/C17H21Cl2N7.C12H10Cl3N5/c1-11-9-15(26-7-5-25(2)6-8-26)23-17(21-11)24-16(20)22-12-3-4-13(18)14(19)10-12;1-6-4-10(15)19-12(17-6)20-11(16)18-7-2-3-8(13)9(14)5-7/h3-4,9-10H,5-8H2,1-2H3,(H3,20,21,22,23,24);2-5H,1H3,(H3,16,17,18,19,20). The van der Waals surface area contributed by atoms with Crippen LogP contribution in [-0.4, -0.2) is 70.0 Å². The van der Waals surface area contributed by atoms with Gasteiger partial charge in [0.2, 0.25) is 11.9 Å². The SMILES string of the molecule is Cc1cc(Cl)nc(N=C(N)Nc2ccc(Cl)c(Cl)c2)n1.Cc1cc(N2CCN(C)CC2)nc(N=C(N)Nc2ccc(Cl)c(Cl)c2)n1. The average molecular weight is 725 g/mol. The van der Waals surface area contributed by atoms with Crippen LogP contribution in [0, 0.1) is 13.8 Å². The molecular weight excluding hydrogens is 694 g/mol. The van der Waals surface area contributed by atoms with E-state index in [1.54, 1.807) is 49.4 Å². The summed E-state index contributed by atoms with van der Waals surface area (Å²) >= 11 is 29.5. The molecule has 0 amide bonds. The molecule has 46 heavy (non-hydrogen) atoms. The van der Waals surface area contributed by atoms with E-state index in [-0.39, 0.29) is 17.9 Å². The highest BCUT2D eigenvalue weighted by Gasteiger charge is 2.16. The van der Waals surface area contributed by atoms with E-state index < -0.39 is 0 Å². The van der Waals surface area contributed by atoms with E-state index in [2.05, 4.69) is 57.4 Å². The van der Waals surface area contributed by atoms with Crippen molar-refractivity contribution in [2.24, 2.45) is 21.5 Å². The highest BCUT2D eigenvalue weighted by atomic mass is 35.5. The van der Waals surface area contributed by atoms with Crippen LogP contribution >= 0.6 is 58.0 Å². The molecule has 6 N–H and O–H groups in total. The first-order valence-corrected chi connectivity index (χ1v) is 15.7. The highest BCUT2D eigenvalue weighted by Crippen LogP contribution is 2.26. The fraction of sp³-hybridized carbons (Fsp3) is 0.241. The van der Waals surface area contributed by atoms with Gasteiger partial charge in [-0.25, -0.2) is 9.97 Å². The number of nitrogens with two attached hydrogens (primary N) is 2. The van der Waals surface area contributed by atoms with E-state index in [9.17, 15) is 0 Å². The van der Waals surface area contributed by atoms with Crippen molar-refractivity contribution in [1.82, 2.24) is 24.8 Å². The molecule has 3 heterocycles. The molecule has 0 aliphatic carbocycles. The molecule has 2 aromatic heterocycles. The zero-order chi connectivity index (χ0) is 33.4. The Morgan fingerprint density at radius 2 is 1.13 bits per heavy atom. The maximum absolute atomic E-state index is 6.01. The van der Waals surface area contributed by atoms with Gasteiger partial charge < -0.3 is 31.9 Å². The fourth-order valence-electron chi connectivity index (χ4n) is 4.06. The Balaban J connectivity index is 0.000000216. The van der Waals surface area contributed by atoms with Gasteiger partial charge in [0.1, 0.15) is 11.0 Å². The Kier molecular flexibility index (Phi) is 12.4. The molecule has 0 bridgehead atoms. The number of nitrogens with zero attached hydrogens (tertiary/aromatic N) is 8. The number of aryl methyl sites for hydroxylation is 2. The minimum atomic E-state index is 0.116. The number of piperazine rings is 1. The maximum Gasteiger partial charge on any atom is 0.254 e. The van der Waals surface area contributed by atoms with Crippen LogP contribution < -0.4 is 27.0 Å². The van der Waals surface area contributed by atoms with Crippen LogP contribution in [0.2, 0.25) is 25.2 Å². The monoisotopic (exact) mass is 722 g/mol. The Morgan fingerprint density at radius 1 is 0.652 bits per heavy atom. The number of aliphatic imine (C=N–C) groups is 2. The van der Waals surface area contributed by atoms with Crippen molar-refractivity contribution in [1.29, 1.82) is 0 Å². The summed E-state index contributed by atoms with van der Waals surface area (Å²) in [6.45, 7) is 7.56. The fourth-order valence-corrected chi connectivity index (χ4v) is 4.89. The molecular formula is C29H31Cl5N12. The summed E-state index contributed by atoms with van der Waals surface area (Å²) in [6, 6.07) is 13.7. The van der Waals surface area contributed by atoms with Gasteiger partial charge in [-0.15, -0.1) is 0 Å². The van der Waals surface area contributed by atoms with E-state index in [1.165, 1.54) is 0 Å². The number of benzene rings is 2. The molecule has 1 aliphatic heterocycles. The second-order valence-corrected chi connectivity index (χ2v) is 12.1. The minimum absolute atomic E-state index is 0.116. The Bertz CT molecular complexity index is 1720. The molecule has 5 rings (SSSR count). The Hall–Kier alpha value is -3.65. The molecule has 2 aromatic carbocycles. The number of guanidine groups is 2. The molecule has 17 heteroatoms. The van der Waals surface area contributed by atoms with Gasteiger partial charge in [-0.1, -0.05) is 58.0 Å². The largest absolute Gasteiger partial charge is 0.369 e. The molecule has 242 valence electrons.